The molecule has 0 aliphatic carbocycles. The van der Waals surface area contributed by atoms with Crippen LogP contribution in [0.4, 0.5) is 10.6 Å². The zero-order valence-corrected chi connectivity index (χ0v) is 10.9. The van der Waals surface area contributed by atoms with E-state index in [9.17, 15) is 4.79 Å². The number of rotatable bonds is 4. The lowest BCUT2D eigenvalue weighted by molar-refractivity contribution is 0.148. The number of nitrogens with zero attached hydrogens (tertiary/aromatic N) is 2. The van der Waals surface area contributed by atoms with Gasteiger partial charge in [-0.3, -0.25) is 4.98 Å². The number of carbonyl (C=O) groups excluding carboxylic acids is 1. The van der Waals surface area contributed by atoms with E-state index in [4.69, 9.17) is 16.2 Å². The number of aromatic nitrogens is 2. The summed E-state index contributed by atoms with van der Waals surface area (Å²) >= 11 is 0. The first-order chi connectivity index (χ1) is 9.54. The van der Waals surface area contributed by atoms with Crippen molar-refractivity contribution >= 4 is 11.9 Å². The summed E-state index contributed by atoms with van der Waals surface area (Å²) in [5.74, 6) is 1.57. The highest BCUT2D eigenvalue weighted by Gasteiger charge is 2.05. The van der Waals surface area contributed by atoms with E-state index < -0.39 is 6.09 Å². The minimum absolute atomic E-state index is 0.00843. The molecule has 20 heavy (non-hydrogen) atoms. The normalized spacial score (nSPS) is 10.1. The van der Waals surface area contributed by atoms with Crippen LogP contribution in [-0.2, 0) is 11.3 Å². The first-order valence-electron chi connectivity index (χ1n) is 5.83. The van der Waals surface area contributed by atoms with Crippen LogP contribution < -0.4 is 16.2 Å². The molecule has 0 aliphatic heterocycles. The summed E-state index contributed by atoms with van der Waals surface area (Å²) in [4.78, 5) is 18.7. The summed E-state index contributed by atoms with van der Waals surface area (Å²) in [5.41, 5.74) is 11.7. The van der Waals surface area contributed by atoms with E-state index in [0.29, 0.717) is 28.7 Å². The van der Waals surface area contributed by atoms with E-state index in [0.717, 1.165) is 0 Å². The molecule has 7 nitrogen and oxygen atoms in total. The standard InChI is InChI=1S/C13H14N4O3/c1-8-11(2-3-12(14)17-8)20-10-4-5-16-9(6-10)7-19-13(15)18/h2-6H,7H2,1H3,(H2,14,17)(H2,15,18). The maximum absolute atomic E-state index is 10.5. The van der Waals surface area contributed by atoms with Crippen LogP contribution in [0.1, 0.15) is 11.4 Å². The number of amides is 1. The Balaban J connectivity index is 2.13. The van der Waals surface area contributed by atoms with Crippen LogP contribution in [0.15, 0.2) is 30.5 Å². The van der Waals surface area contributed by atoms with Gasteiger partial charge in [-0.15, -0.1) is 0 Å². The molecule has 2 aromatic heterocycles. The molecule has 4 N–H and O–H groups in total. The number of carbonyl (C=O) groups is 1. The first kappa shape index (κ1) is 13.6. The number of hydrogen-bond donors (Lipinski definition) is 2. The second kappa shape index (κ2) is 5.87. The Hall–Kier alpha value is -2.83. The van der Waals surface area contributed by atoms with Crippen LogP contribution in [0.25, 0.3) is 0 Å². The largest absolute Gasteiger partial charge is 0.455 e. The molecule has 0 bridgehead atoms. The van der Waals surface area contributed by atoms with E-state index in [1.54, 1.807) is 37.4 Å². The molecular formula is C13H14N4O3. The van der Waals surface area contributed by atoms with Gasteiger partial charge in [0, 0.05) is 12.3 Å². The fourth-order valence-corrected chi connectivity index (χ4v) is 1.55. The van der Waals surface area contributed by atoms with Gasteiger partial charge in [0.2, 0.25) is 0 Å². The minimum atomic E-state index is -0.850. The van der Waals surface area contributed by atoms with Gasteiger partial charge in [-0.05, 0) is 25.1 Å². The molecular weight excluding hydrogens is 260 g/mol. The van der Waals surface area contributed by atoms with E-state index in [-0.39, 0.29) is 6.61 Å². The lowest BCUT2D eigenvalue weighted by atomic mass is 10.3. The van der Waals surface area contributed by atoms with Crippen LogP contribution in [0, 0.1) is 6.92 Å². The minimum Gasteiger partial charge on any atom is -0.455 e. The zero-order chi connectivity index (χ0) is 14.5. The quantitative estimate of drug-likeness (QED) is 0.878. The molecule has 2 rings (SSSR count). The Labute approximate surface area is 115 Å². The molecule has 0 atom stereocenters. The molecule has 0 saturated carbocycles. The first-order valence-corrected chi connectivity index (χ1v) is 5.83. The van der Waals surface area contributed by atoms with Crippen molar-refractivity contribution in [1.29, 1.82) is 0 Å². The molecule has 2 aromatic rings. The molecule has 1 amide bonds. The van der Waals surface area contributed by atoms with Crippen molar-refractivity contribution in [3.05, 3.63) is 41.9 Å². The van der Waals surface area contributed by atoms with Gasteiger partial charge in [-0.25, -0.2) is 9.78 Å². The molecule has 7 heteroatoms. The maximum Gasteiger partial charge on any atom is 0.404 e. The number of primary amides is 1. The monoisotopic (exact) mass is 274 g/mol. The fraction of sp³-hybridized carbons (Fsp3) is 0.154. The van der Waals surface area contributed by atoms with Gasteiger partial charge in [-0.2, -0.15) is 0 Å². The van der Waals surface area contributed by atoms with Crippen molar-refractivity contribution in [3.63, 3.8) is 0 Å². The highest BCUT2D eigenvalue weighted by Crippen LogP contribution is 2.24. The van der Waals surface area contributed by atoms with Gasteiger partial charge >= 0.3 is 6.09 Å². The van der Waals surface area contributed by atoms with Crippen LogP contribution in [0.3, 0.4) is 0 Å². The summed E-state index contributed by atoms with van der Waals surface area (Å²) < 4.78 is 10.3. The van der Waals surface area contributed by atoms with Crippen molar-refractivity contribution in [1.82, 2.24) is 9.97 Å². The number of ether oxygens (including phenoxy) is 2. The highest BCUT2D eigenvalue weighted by atomic mass is 16.5. The van der Waals surface area contributed by atoms with E-state index in [2.05, 4.69) is 14.7 Å². The predicted octanol–water partition coefficient (Wildman–Crippen LogP) is 1.75. The van der Waals surface area contributed by atoms with Crippen molar-refractivity contribution < 1.29 is 14.3 Å². The topological polar surface area (TPSA) is 113 Å². The molecule has 0 aliphatic rings. The summed E-state index contributed by atoms with van der Waals surface area (Å²) in [7, 11) is 0. The highest BCUT2D eigenvalue weighted by molar-refractivity contribution is 5.64. The maximum atomic E-state index is 10.5. The van der Waals surface area contributed by atoms with Crippen molar-refractivity contribution in [2.75, 3.05) is 5.73 Å². The van der Waals surface area contributed by atoms with Crippen molar-refractivity contribution in [2.24, 2.45) is 5.73 Å². The van der Waals surface area contributed by atoms with Crippen LogP contribution in [-0.4, -0.2) is 16.1 Å². The number of nitrogens with two attached hydrogens (primary N) is 2. The summed E-state index contributed by atoms with van der Waals surface area (Å²) in [6.45, 7) is 1.79. The zero-order valence-electron chi connectivity index (χ0n) is 10.9. The molecule has 0 unspecified atom stereocenters. The second-order valence-electron chi connectivity index (χ2n) is 4.01. The van der Waals surface area contributed by atoms with E-state index >= 15 is 0 Å². The molecule has 0 spiro atoms. The van der Waals surface area contributed by atoms with Gasteiger partial charge in [0.1, 0.15) is 23.9 Å². The average Bonchev–Trinajstić information content (AvgIpc) is 2.40. The number of hydrogen-bond acceptors (Lipinski definition) is 6. The third-order valence-corrected chi connectivity index (χ3v) is 2.44. The summed E-state index contributed by atoms with van der Waals surface area (Å²) in [6.07, 6.45) is 0.700. The fourth-order valence-electron chi connectivity index (χ4n) is 1.55. The number of pyridine rings is 2. The summed E-state index contributed by atoms with van der Waals surface area (Å²) in [5, 5.41) is 0. The lowest BCUT2D eigenvalue weighted by Gasteiger charge is -2.09. The van der Waals surface area contributed by atoms with Gasteiger partial charge in [0.15, 0.2) is 0 Å². The summed E-state index contributed by atoms with van der Waals surface area (Å²) in [6, 6.07) is 6.72. The molecule has 0 radical (unpaired) electrons. The molecule has 2 heterocycles. The van der Waals surface area contributed by atoms with Gasteiger partial charge in [0.05, 0.1) is 11.4 Å². The second-order valence-corrected chi connectivity index (χ2v) is 4.01. The average molecular weight is 274 g/mol. The number of nitrogen functional groups attached to an aromatic ring is 1. The van der Waals surface area contributed by atoms with E-state index in [1.807, 2.05) is 0 Å². The van der Waals surface area contributed by atoms with Gasteiger partial charge in [0.25, 0.3) is 0 Å². The third kappa shape index (κ3) is 3.58. The van der Waals surface area contributed by atoms with Gasteiger partial charge < -0.3 is 20.9 Å². The van der Waals surface area contributed by atoms with Gasteiger partial charge in [-0.1, -0.05) is 0 Å². The number of aryl methyl sites for hydroxylation is 1. The van der Waals surface area contributed by atoms with Crippen LogP contribution in [0.5, 0.6) is 11.5 Å². The molecule has 104 valence electrons. The van der Waals surface area contributed by atoms with Crippen LogP contribution in [0.2, 0.25) is 0 Å². The lowest BCUT2D eigenvalue weighted by Crippen LogP contribution is -2.13. The molecule has 0 saturated heterocycles. The Morgan fingerprint density at radius 3 is 2.85 bits per heavy atom. The van der Waals surface area contributed by atoms with Crippen molar-refractivity contribution in [2.45, 2.75) is 13.5 Å². The number of anilines is 1. The molecule has 0 aromatic carbocycles. The predicted molar refractivity (Wildman–Crippen MR) is 72.1 cm³/mol. The SMILES string of the molecule is Cc1nc(N)ccc1Oc1ccnc(COC(N)=O)c1. The van der Waals surface area contributed by atoms with Crippen LogP contribution >= 0.6 is 0 Å². The smallest absolute Gasteiger partial charge is 0.404 e. The molecule has 0 fully saturated rings. The Bertz CT molecular complexity index is 631. The Morgan fingerprint density at radius 2 is 2.15 bits per heavy atom. The Morgan fingerprint density at radius 1 is 1.35 bits per heavy atom. The van der Waals surface area contributed by atoms with E-state index in [1.165, 1.54) is 0 Å². The third-order valence-electron chi connectivity index (χ3n) is 2.44. The van der Waals surface area contributed by atoms with Crippen molar-refractivity contribution in [3.8, 4) is 11.5 Å². The Kier molecular flexibility index (Phi) is 3.99.